The smallest absolute Gasteiger partial charge is 0.414 e. The maximum Gasteiger partial charge on any atom is 0.414 e. The highest BCUT2D eigenvalue weighted by Gasteiger charge is 2.23. The normalized spacial score (nSPS) is 13.4. The summed E-state index contributed by atoms with van der Waals surface area (Å²) in [5.74, 6) is -0.716. The summed E-state index contributed by atoms with van der Waals surface area (Å²) in [6.45, 7) is 1.21. The van der Waals surface area contributed by atoms with Crippen LogP contribution in [0.1, 0.15) is 26.3 Å². The van der Waals surface area contributed by atoms with Gasteiger partial charge in [-0.05, 0) is 42.0 Å². The topological polar surface area (TPSA) is 102 Å². The number of nitrogens with one attached hydrogen (secondary N) is 1. The molecule has 25 heavy (non-hydrogen) atoms. The van der Waals surface area contributed by atoms with Crippen LogP contribution in [0.15, 0.2) is 48.5 Å². The molecule has 7 nitrogen and oxygen atoms in total. The molecule has 0 unspecified atom stereocenters. The van der Waals surface area contributed by atoms with Crippen LogP contribution in [-0.4, -0.2) is 31.1 Å². The van der Waals surface area contributed by atoms with E-state index in [1.54, 1.807) is 48.5 Å². The number of nitrogens with two attached hydrogens (primary N) is 1. The maximum absolute atomic E-state index is 12.2. The van der Waals surface area contributed by atoms with E-state index in [-0.39, 0.29) is 12.0 Å². The molecule has 3 rings (SSSR count). The fraction of sp³-hybridized carbons (Fsp3) is 0.167. The number of rotatable bonds is 5. The number of hydrogen-bond donors (Lipinski definition) is 2. The number of benzene rings is 2. The summed E-state index contributed by atoms with van der Waals surface area (Å²) < 4.78 is 4.89. The third-order valence-electron chi connectivity index (χ3n) is 3.89. The fourth-order valence-corrected chi connectivity index (χ4v) is 2.49. The fourth-order valence-electron chi connectivity index (χ4n) is 2.49. The van der Waals surface area contributed by atoms with Gasteiger partial charge < -0.3 is 15.8 Å². The Balaban J connectivity index is 1.59. The van der Waals surface area contributed by atoms with Gasteiger partial charge in [0.1, 0.15) is 6.61 Å². The monoisotopic (exact) mass is 339 g/mol. The van der Waals surface area contributed by atoms with Crippen LogP contribution in [0.5, 0.6) is 0 Å². The van der Waals surface area contributed by atoms with Crippen molar-refractivity contribution in [2.45, 2.75) is 6.54 Å². The lowest BCUT2D eigenvalue weighted by Crippen LogP contribution is -2.24. The van der Waals surface area contributed by atoms with E-state index in [0.717, 1.165) is 5.56 Å². The molecular weight excluding hydrogens is 322 g/mol. The number of ether oxygens (including phenoxy) is 1. The number of anilines is 1. The van der Waals surface area contributed by atoms with Gasteiger partial charge in [0.05, 0.1) is 6.54 Å². The van der Waals surface area contributed by atoms with Crippen LogP contribution in [0.4, 0.5) is 10.5 Å². The highest BCUT2D eigenvalue weighted by molar-refractivity contribution is 5.95. The SMILES string of the molecule is NC(=O)c1ccc(CNC(=O)c2ccc(N3CCOC3=O)cc2)cc1. The highest BCUT2D eigenvalue weighted by atomic mass is 16.6. The Kier molecular flexibility index (Phi) is 4.65. The largest absolute Gasteiger partial charge is 0.447 e. The van der Waals surface area contributed by atoms with Gasteiger partial charge in [0.2, 0.25) is 5.91 Å². The molecule has 0 atom stereocenters. The Morgan fingerprint density at radius 3 is 2.24 bits per heavy atom. The minimum Gasteiger partial charge on any atom is -0.447 e. The molecular formula is C18H17N3O4. The van der Waals surface area contributed by atoms with E-state index in [2.05, 4.69) is 5.32 Å². The zero-order chi connectivity index (χ0) is 17.8. The van der Waals surface area contributed by atoms with Crippen molar-refractivity contribution < 1.29 is 19.1 Å². The summed E-state index contributed by atoms with van der Waals surface area (Å²) in [6, 6.07) is 13.5. The van der Waals surface area contributed by atoms with Crippen LogP contribution < -0.4 is 16.0 Å². The van der Waals surface area contributed by atoms with Crippen LogP contribution in [0, 0.1) is 0 Å². The van der Waals surface area contributed by atoms with Gasteiger partial charge in [-0.25, -0.2) is 4.79 Å². The molecule has 0 saturated carbocycles. The zero-order valence-electron chi connectivity index (χ0n) is 13.4. The molecule has 7 heteroatoms. The summed E-state index contributed by atoms with van der Waals surface area (Å²) in [4.78, 5) is 36.3. The Hall–Kier alpha value is -3.35. The van der Waals surface area contributed by atoms with Crippen molar-refractivity contribution in [3.63, 3.8) is 0 Å². The van der Waals surface area contributed by atoms with Gasteiger partial charge >= 0.3 is 6.09 Å². The molecule has 0 bridgehead atoms. The van der Waals surface area contributed by atoms with Gasteiger partial charge in [0.15, 0.2) is 0 Å². The minimum atomic E-state index is -0.488. The van der Waals surface area contributed by atoms with Crippen LogP contribution in [0.2, 0.25) is 0 Å². The first-order valence-electron chi connectivity index (χ1n) is 7.76. The molecule has 2 aromatic carbocycles. The quantitative estimate of drug-likeness (QED) is 0.865. The maximum atomic E-state index is 12.2. The molecule has 1 aliphatic heterocycles. The summed E-state index contributed by atoms with van der Waals surface area (Å²) in [7, 11) is 0. The van der Waals surface area contributed by atoms with Crippen molar-refractivity contribution in [1.29, 1.82) is 0 Å². The van der Waals surface area contributed by atoms with Crippen LogP contribution in [0.3, 0.4) is 0 Å². The lowest BCUT2D eigenvalue weighted by atomic mass is 10.1. The lowest BCUT2D eigenvalue weighted by molar-refractivity contribution is 0.0949. The van der Waals surface area contributed by atoms with Crippen molar-refractivity contribution in [1.82, 2.24) is 5.32 Å². The van der Waals surface area contributed by atoms with Gasteiger partial charge in [0.25, 0.3) is 5.91 Å². The third kappa shape index (κ3) is 3.77. The van der Waals surface area contributed by atoms with Gasteiger partial charge in [-0.15, -0.1) is 0 Å². The molecule has 0 aromatic heterocycles. The molecule has 0 spiro atoms. The van der Waals surface area contributed by atoms with Crippen LogP contribution in [-0.2, 0) is 11.3 Å². The van der Waals surface area contributed by atoms with Crippen molar-refractivity contribution in [2.75, 3.05) is 18.1 Å². The van der Waals surface area contributed by atoms with E-state index >= 15 is 0 Å². The lowest BCUT2D eigenvalue weighted by Gasteiger charge is -2.13. The molecule has 1 heterocycles. The number of carbonyl (C=O) groups is 3. The molecule has 2 aromatic rings. The molecule has 0 radical (unpaired) electrons. The van der Waals surface area contributed by atoms with E-state index in [4.69, 9.17) is 10.5 Å². The first-order chi connectivity index (χ1) is 12.0. The average molecular weight is 339 g/mol. The van der Waals surface area contributed by atoms with Crippen LogP contribution in [0.25, 0.3) is 0 Å². The predicted molar refractivity (Wildman–Crippen MR) is 91.3 cm³/mol. The summed E-state index contributed by atoms with van der Waals surface area (Å²) in [5, 5.41) is 2.80. The summed E-state index contributed by atoms with van der Waals surface area (Å²) >= 11 is 0. The van der Waals surface area contributed by atoms with Gasteiger partial charge in [0, 0.05) is 23.4 Å². The van der Waals surface area contributed by atoms with Gasteiger partial charge in [-0.3, -0.25) is 14.5 Å². The molecule has 1 fully saturated rings. The van der Waals surface area contributed by atoms with E-state index in [1.165, 1.54) is 4.90 Å². The highest BCUT2D eigenvalue weighted by Crippen LogP contribution is 2.19. The standard InChI is InChI=1S/C18H17N3O4/c19-16(22)13-3-1-12(2-4-13)11-20-17(23)14-5-7-15(8-6-14)21-9-10-25-18(21)24/h1-8H,9-11H2,(H2,19,22)(H,20,23). The number of amides is 3. The molecule has 3 amide bonds. The first-order valence-corrected chi connectivity index (χ1v) is 7.76. The Bertz CT molecular complexity index is 800. The van der Waals surface area contributed by atoms with Crippen molar-refractivity contribution in [3.8, 4) is 0 Å². The summed E-state index contributed by atoms with van der Waals surface area (Å²) in [5.41, 5.74) is 7.65. The molecule has 1 saturated heterocycles. The minimum absolute atomic E-state index is 0.227. The first kappa shape index (κ1) is 16.5. The second kappa shape index (κ2) is 7.04. The van der Waals surface area contributed by atoms with E-state index in [1.807, 2.05) is 0 Å². The molecule has 0 aliphatic carbocycles. The Labute approximate surface area is 144 Å². The molecule has 3 N–H and O–H groups in total. The van der Waals surface area contributed by atoms with Crippen molar-refractivity contribution >= 4 is 23.6 Å². The summed E-state index contributed by atoms with van der Waals surface area (Å²) in [6.07, 6.45) is -0.378. The van der Waals surface area contributed by atoms with Gasteiger partial charge in [-0.2, -0.15) is 0 Å². The average Bonchev–Trinajstić information content (AvgIpc) is 3.06. The van der Waals surface area contributed by atoms with Crippen LogP contribution >= 0.6 is 0 Å². The third-order valence-corrected chi connectivity index (χ3v) is 3.89. The number of hydrogen-bond acceptors (Lipinski definition) is 4. The van der Waals surface area contributed by atoms with E-state index in [0.29, 0.717) is 36.5 Å². The Morgan fingerprint density at radius 1 is 1.04 bits per heavy atom. The number of nitrogens with zero attached hydrogens (tertiary/aromatic N) is 1. The second-order valence-corrected chi connectivity index (χ2v) is 5.56. The second-order valence-electron chi connectivity index (χ2n) is 5.56. The van der Waals surface area contributed by atoms with Crippen molar-refractivity contribution in [2.24, 2.45) is 5.73 Å². The number of primary amides is 1. The molecule has 1 aliphatic rings. The van der Waals surface area contributed by atoms with Gasteiger partial charge in [-0.1, -0.05) is 12.1 Å². The number of carbonyl (C=O) groups excluding carboxylic acids is 3. The molecule has 128 valence electrons. The zero-order valence-corrected chi connectivity index (χ0v) is 13.4. The van der Waals surface area contributed by atoms with E-state index in [9.17, 15) is 14.4 Å². The predicted octanol–water partition coefficient (Wildman–Crippen LogP) is 1.67. The number of cyclic esters (lactones) is 1. The van der Waals surface area contributed by atoms with Crippen molar-refractivity contribution in [3.05, 3.63) is 65.2 Å². The Morgan fingerprint density at radius 2 is 1.68 bits per heavy atom. The van der Waals surface area contributed by atoms with E-state index < -0.39 is 5.91 Å².